The molecule has 0 aliphatic rings. The van der Waals surface area contributed by atoms with Crippen LogP contribution in [-0.4, -0.2) is 40.3 Å². The van der Waals surface area contributed by atoms with Gasteiger partial charge in [-0.15, -0.1) is 0 Å². The number of carbonyl (C=O) groups is 2. The number of nitrogens with zero attached hydrogens (tertiary/aromatic N) is 3. The normalized spacial score (nSPS) is 10.8. The van der Waals surface area contributed by atoms with Crippen LogP contribution in [0.3, 0.4) is 0 Å². The van der Waals surface area contributed by atoms with Gasteiger partial charge in [0.05, 0.1) is 23.3 Å². The zero-order valence-corrected chi connectivity index (χ0v) is 19.5. The number of hydrogen-bond donors (Lipinski definition) is 0. The molecular weight excluding hydrogens is 450 g/mol. The molecule has 0 N–H and O–H groups in total. The van der Waals surface area contributed by atoms with E-state index in [0.29, 0.717) is 33.3 Å². The van der Waals surface area contributed by atoms with Crippen molar-refractivity contribution < 1.29 is 14.3 Å². The highest BCUT2D eigenvalue weighted by atomic mass is 35.5. The number of ether oxygens (including phenoxy) is 1. The third kappa shape index (κ3) is 5.69. The molecule has 0 saturated carbocycles. The van der Waals surface area contributed by atoms with Crippen molar-refractivity contribution in [2.75, 3.05) is 23.8 Å². The maximum absolute atomic E-state index is 13.1. The summed E-state index contributed by atoms with van der Waals surface area (Å²) in [6.07, 6.45) is 0.737. The number of benzene rings is 2. The van der Waals surface area contributed by atoms with Crippen molar-refractivity contribution in [1.29, 1.82) is 0 Å². The summed E-state index contributed by atoms with van der Waals surface area (Å²) >= 11 is 7.23. The molecule has 0 atom stereocenters. The molecule has 0 fully saturated rings. The summed E-state index contributed by atoms with van der Waals surface area (Å²) in [5.41, 5.74) is 0.904. The minimum Gasteiger partial charge on any atom is -0.465 e. The van der Waals surface area contributed by atoms with Gasteiger partial charge in [0, 0.05) is 17.3 Å². The van der Waals surface area contributed by atoms with E-state index in [1.54, 1.807) is 54.0 Å². The summed E-state index contributed by atoms with van der Waals surface area (Å²) in [6.45, 7) is 4.20. The van der Waals surface area contributed by atoms with Crippen LogP contribution in [0.5, 0.6) is 0 Å². The summed E-state index contributed by atoms with van der Waals surface area (Å²) in [5.74, 6) is -0.787. The summed E-state index contributed by atoms with van der Waals surface area (Å²) in [5, 5.41) is 1.39. The van der Waals surface area contributed by atoms with Gasteiger partial charge in [0.1, 0.15) is 6.54 Å². The Balaban J connectivity index is 1.89. The second-order valence-corrected chi connectivity index (χ2v) is 8.30. The zero-order valence-electron chi connectivity index (χ0n) is 17.9. The fourth-order valence-corrected chi connectivity index (χ4v) is 4.24. The minimum atomic E-state index is -0.490. The van der Waals surface area contributed by atoms with Gasteiger partial charge in [-0.2, -0.15) is 0 Å². The molecule has 7 nitrogen and oxygen atoms in total. The number of rotatable bonds is 9. The number of aromatic nitrogens is 2. The van der Waals surface area contributed by atoms with Gasteiger partial charge >= 0.3 is 5.97 Å². The quantitative estimate of drug-likeness (QED) is 0.264. The average molecular weight is 474 g/mol. The average Bonchev–Trinajstić information content (AvgIpc) is 2.78. The number of thioether (sulfide) groups is 1. The molecule has 3 rings (SSSR count). The fourth-order valence-electron chi connectivity index (χ4n) is 3.18. The number of halogens is 1. The summed E-state index contributed by atoms with van der Waals surface area (Å²) in [6, 6.07) is 13.9. The number of fused-ring (bicyclic) bond motifs is 1. The van der Waals surface area contributed by atoms with Crippen molar-refractivity contribution in [2.24, 2.45) is 0 Å². The predicted octanol–water partition coefficient (Wildman–Crippen LogP) is 4.15. The number of hydrogen-bond acceptors (Lipinski definition) is 6. The van der Waals surface area contributed by atoms with E-state index < -0.39 is 5.97 Å². The molecular formula is C23H24ClN3O4S. The Hall–Kier alpha value is -2.84. The van der Waals surface area contributed by atoms with Crippen LogP contribution >= 0.6 is 23.4 Å². The second-order valence-electron chi connectivity index (χ2n) is 6.92. The van der Waals surface area contributed by atoms with Gasteiger partial charge in [-0.1, -0.05) is 48.5 Å². The van der Waals surface area contributed by atoms with Gasteiger partial charge in [0.15, 0.2) is 5.16 Å². The molecule has 2 aromatic carbocycles. The number of esters is 1. The first-order valence-electron chi connectivity index (χ1n) is 10.3. The van der Waals surface area contributed by atoms with E-state index in [4.69, 9.17) is 16.3 Å². The van der Waals surface area contributed by atoms with Crippen molar-refractivity contribution in [3.05, 3.63) is 63.9 Å². The van der Waals surface area contributed by atoms with E-state index in [2.05, 4.69) is 4.98 Å². The van der Waals surface area contributed by atoms with Crippen LogP contribution in [0.1, 0.15) is 20.3 Å². The van der Waals surface area contributed by atoms with Crippen LogP contribution in [0.15, 0.2) is 58.5 Å². The zero-order chi connectivity index (χ0) is 23.1. The van der Waals surface area contributed by atoms with Gasteiger partial charge < -0.3 is 9.64 Å². The van der Waals surface area contributed by atoms with Crippen molar-refractivity contribution in [3.8, 4) is 0 Å². The van der Waals surface area contributed by atoms with Gasteiger partial charge in [-0.05, 0) is 43.7 Å². The first-order chi connectivity index (χ1) is 15.4. The lowest BCUT2D eigenvalue weighted by molar-refractivity contribution is -0.142. The summed E-state index contributed by atoms with van der Waals surface area (Å²) < 4.78 is 6.60. The minimum absolute atomic E-state index is 0.00345. The van der Waals surface area contributed by atoms with Crippen molar-refractivity contribution in [3.63, 3.8) is 0 Å². The Morgan fingerprint density at radius 1 is 1.16 bits per heavy atom. The molecule has 0 aliphatic carbocycles. The molecule has 1 heterocycles. The summed E-state index contributed by atoms with van der Waals surface area (Å²) in [7, 11) is 0. The predicted molar refractivity (Wildman–Crippen MR) is 127 cm³/mol. The van der Waals surface area contributed by atoms with Crippen LogP contribution in [0.25, 0.3) is 10.9 Å². The number of amides is 1. The molecule has 0 saturated heterocycles. The van der Waals surface area contributed by atoms with Crippen LogP contribution in [0.2, 0.25) is 5.02 Å². The SMILES string of the molecule is CCCn1c(SCC(=O)N(CC(=O)OCC)c2ccccc2)nc2cc(Cl)ccc2c1=O. The Kier molecular flexibility index (Phi) is 8.30. The summed E-state index contributed by atoms with van der Waals surface area (Å²) in [4.78, 5) is 44.1. The lowest BCUT2D eigenvalue weighted by Gasteiger charge is -2.22. The van der Waals surface area contributed by atoms with Gasteiger partial charge in [0.25, 0.3) is 5.56 Å². The highest BCUT2D eigenvalue weighted by Crippen LogP contribution is 2.22. The van der Waals surface area contributed by atoms with E-state index in [9.17, 15) is 14.4 Å². The highest BCUT2D eigenvalue weighted by molar-refractivity contribution is 7.99. The first kappa shape index (κ1) is 23.8. The van der Waals surface area contributed by atoms with Crippen molar-refractivity contribution in [1.82, 2.24) is 9.55 Å². The molecule has 168 valence electrons. The first-order valence-corrected chi connectivity index (χ1v) is 11.6. The van der Waals surface area contributed by atoms with Crippen LogP contribution in [0.4, 0.5) is 5.69 Å². The molecule has 0 radical (unpaired) electrons. The largest absolute Gasteiger partial charge is 0.465 e. The maximum Gasteiger partial charge on any atom is 0.326 e. The number of carbonyl (C=O) groups excluding carboxylic acids is 2. The Bertz CT molecular complexity index is 1170. The Labute approximate surface area is 195 Å². The highest BCUT2D eigenvalue weighted by Gasteiger charge is 2.21. The second kappa shape index (κ2) is 11.2. The van der Waals surface area contributed by atoms with E-state index in [0.717, 1.165) is 18.2 Å². The van der Waals surface area contributed by atoms with Crippen molar-refractivity contribution in [2.45, 2.75) is 32.0 Å². The molecule has 0 aliphatic heterocycles. The van der Waals surface area contributed by atoms with Gasteiger partial charge in [-0.3, -0.25) is 19.0 Å². The molecule has 0 bridgehead atoms. The molecule has 0 spiro atoms. The smallest absolute Gasteiger partial charge is 0.326 e. The third-order valence-corrected chi connectivity index (χ3v) is 5.81. The molecule has 9 heteroatoms. The molecule has 0 unspecified atom stereocenters. The lowest BCUT2D eigenvalue weighted by Crippen LogP contribution is -2.38. The van der Waals surface area contributed by atoms with Gasteiger partial charge in [0.2, 0.25) is 5.91 Å². The Morgan fingerprint density at radius 3 is 2.59 bits per heavy atom. The maximum atomic E-state index is 13.1. The van der Waals surface area contributed by atoms with Crippen LogP contribution in [0, 0.1) is 0 Å². The lowest BCUT2D eigenvalue weighted by atomic mass is 10.2. The van der Waals surface area contributed by atoms with E-state index in [-0.39, 0.29) is 30.4 Å². The topological polar surface area (TPSA) is 81.5 Å². The van der Waals surface area contributed by atoms with Crippen LogP contribution < -0.4 is 10.5 Å². The van der Waals surface area contributed by atoms with E-state index >= 15 is 0 Å². The monoisotopic (exact) mass is 473 g/mol. The van der Waals surface area contributed by atoms with E-state index in [1.807, 2.05) is 13.0 Å². The van der Waals surface area contributed by atoms with Gasteiger partial charge in [-0.25, -0.2) is 4.98 Å². The molecule has 1 aromatic heterocycles. The molecule has 32 heavy (non-hydrogen) atoms. The van der Waals surface area contributed by atoms with Crippen LogP contribution in [-0.2, 0) is 20.9 Å². The van der Waals surface area contributed by atoms with E-state index in [1.165, 1.54) is 4.90 Å². The van der Waals surface area contributed by atoms with Crippen molar-refractivity contribution >= 4 is 51.8 Å². The molecule has 1 amide bonds. The third-order valence-electron chi connectivity index (χ3n) is 4.62. The number of para-hydroxylation sites is 1. The number of anilines is 1. The fraction of sp³-hybridized carbons (Fsp3) is 0.304. The molecule has 3 aromatic rings. The standard InChI is InChI=1S/C23H24ClN3O4S/c1-3-12-26-22(30)18-11-10-16(24)13-19(18)25-23(26)32-15-20(28)27(14-21(29)31-4-2)17-8-6-5-7-9-17/h5-11,13H,3-4,12,14-15H2,1-2H3. The Morgan fingerprint density at radius 2 is 1.91 bits per heavy atom.